The Morgan fingerprint density at radius 2 is 1.13 bits per heavy atom. The molecule has 0 unspecified atom stereocenters. The van der Waals surface area contributed by atoms with Crippen molar-refractivity contribution in [2.45, 2.75) is 97.8 Å². The van der Waals surface area contributed by atoms with Gasteiger partial charge in [-0.05, 0) is 30.9 Å². The first-order valence-electron chi connectivity index (χ1n) is 12.0. The van der Waals surface area contributed by atoms with Crippen LogP contribution in [0.2, 0.25) is 0 Å². The molecule has 1 aromatic rings. The van der Waals surface area contributed by atoms with Crippen molar-refractivity contribution in [3.05, 3.63) is 35.4 Å². The van der Waals surface area contributed by atoms with Gasteiger partial charge in [0.1, 0.15) is 0 Å². The van der Waals surface area contributed by atoms with Gasteiger partial charge in [-0.2, -0.15) is 0 Å². The summed E-state index contributed by atoms with van der Waals surface area (Å²) in [6, 6.07) is 6.76. The summed E-state index contributed by atoms with van der Waals surface area (Å²) < 4.78 is 10.8. The molecular formula is C26H42O4. The monoisotopic (exact) mass is 418 g/mol. The Balaban J connectivity index is 2.30. The van der Waals surface area contributed by atoms with Crippen LogP contribution in [0.5, 0.6) is 0 Å². The van der Waals surface area contributed by atoms with E-state index in [0.29, 0.717) is 24.3 Å². The van der Waals surface area contributed by atoms with Crippen LogP contribution in [0, 0.1) is 5.92 Å². The summed E-state index contributed by atoms with van der Waals surface area (Å²) in [4.78, 5) is 24.8. The summed E-state index contributed by atoms with van der Waals surface area (Å²) in [5, 5.41) is 0. The van der Waals surface area contributed by atoms with E-state index in [1.165, 1.54) is 51.4 Å². The zero-order valence-electron chi connectivity index (χ0n) is 19.4. The average molecular weight is 419 g/mol. The van der Waals surface area contributed by atoms with E-state index >= 15 is 0 Å². The van der Waals surface area contributed by atoms with E-state index in [9.17, 15) is 9.59 Å². The molecule has 0 bridgehead atoms. The highest BCUT2D eigenvalue weighted by molar-refractivity contribution is 6.03. The van der Waals surface area contributed by atoms with Crippen LogP contribution in [-0.4, -0.2) is 25.2 Å². The molecule has 0 saturated heterocycles. The minimum Gasteiger partial charge on any atom is -0.462 e. The fourth-order valence-corrected chi connectivity index (χ4v) is 3.39. The van der Waals surface area contributed by atoms with Crippen LogP contribution in [0.25, 0.3) is 0 Å². The van der Waals surface area contributed by atoms with Crippen molar-refractivity contribution >= 4 is 11.9 Å². The van der Waals surface area contributed by atoms with Gasteiger partial charge in [0.2, 0.25) is 0 Å². The lowest BCUT2D eigenvalue weighted by Gasteiger charge is -2.10. The predicted molar refractivity (Wildman–Crippen MR) is 123 cm³/mol. The molecule has 0 heterocycles. The molecule has 4 nitrogen and oxygen atoms in total. The van der Waals surface area contributed by atoms with Gasteiger partial charge < -0.3 is 9.47 Å². The normalized spacial score (nSPS) is 10.9. The maximum Gasteiger partial charge on any atom is 0.339 e. The molecule has 170 valence electrons. The largest absolute Gasteiger partial charge is 0.462 e. The number of rotatable bonds is 17. The van der Waals surface area contributed by atoms with E-state index in [1.54, 1.807) is 24.3 Å². The summed E-state index contributed by atoms with van der Waals surface area (Å²) in [7, 11) is 0. The fourth-order valence-electron chi connectivity index (χ4n) is 3.39. The molecule has 0 aliphatic heterocycles. The zero-order valence-corrected chi connectivity index (χ0v) is 19.4. The number of carbonyl (C=O) groups is 2. The second-order valence-electron chi connectivity index (χ2n) is 8.54. The van der Waals surface area contributed by atoms with Gasteiger partial charge in [0.05, 0.1) is 24.3 Å². The molecule has 1 rings (SSSR count). The third-order valence-corrected chi connectivity index (χ3v) is 5.26. The topological polar surface area (TPSA) is 52.6 Å². The highest BCUT2D eigenvalue weighted by atomic mass is 16.5. The summed E-state index contributed by atoms with van der Waals surface area (Å²) in [5.41, 5.74) is 0.588. The molecule has 0 fully saturated rings. The number of hydrogen-bond donors (Lipinski definition) is 0. The molecule has 0 spiro atoms. The molecule has 0 aromatic heterocycles. The van der Waals surface area contributed by atoms with Gasteiger partial charge in [0, 0.05) is 0 Å². The molecule has 30 heavy (non-hydrogen) atoms. The van der Waals surface area contributed by atoms with Crippen LogP contribution in [0.1, 0.15) is 119 Å². The third kappa shape index (κ3) is 12.0. The molecule has 1 aromatic carbocycles. The van der Waals surface area contributed by atoms with Crippen LogP contribution < -0.4 is 0 Å². The predicted octanol–water partition coefficient (Wildman–Crippen LogP) is 7.36. The maximum absolute atomic E-state index is 12.4. The fraction of sp³-hybridized carbons (Fsp3) is 0.692. The zero-order chi connectivity index (χ0) is 22.0. The van der Waals surface area contributed by atoms with Crippen LogP contribution in [0.15, 0.2) is 24.3 Å². The number of carbonyl (C=O) groups excluding carboxylic acids is 2. The van der Waals surface area contributed by atoms with E-state index in [4.69, 9.17) is 9.47 Å². The van der Waals surface area contributed by atoms with Crippen molar-refractivity contribution in [3.8, 4) is 0 Å². The van der Waals surface area contributed by atoms with Crippen LogP contribution in [0.3, 0.4) is 0 Å². The van der Waals surface area contributed by atoms with Crippen molar-refractivity contribution in [2.24, 2.45) is 5.92 Å². The number of esters is 2. The first-order valence-corrected chi connectivity index (χ1v) is 12.0. The summed E-state index contributed by atoms with van der Waals surface area (Å²) in [5.74, 6) is -0.119. The van der Waals surface area contributed by atoms with Gasteiger partial charge in [-0.3, -0.25) is 0 Å². The van der Waals surface area contributed by atoms with Crippen molar-refractivity contribution in [1.29, 1.82) is 0 Å². The van der Waals surface area contributed by atoms with Gasteiger partial charge >= 0.3 is 11.9 Å². The molecule has 0 aliphatic carbocycles. The van der Waals surface area contributed by atoms with E-state index in [2.05, 4.69) is 20.8 Å². The Hall–Kier alpha value is -1.84. The first-order chi connectivity index (χ1) is 14.6. The Kier molecular flexibility index (Phi) is 14.8. The van der Waals surface area contributed by atoms with Gasteiger partial charge in [-0.15, -0.1) is 0 Å². The van der Waals surface area contributed by atoms with Crippen LogP contribution in [0.4, 0.5) is 0 Å². The van der Waals surface area contributed by atoms with Crippen molar-refractivity contribution in [2.75, 3.05) is 13.2 Å². The molecule has 0 amide bonds. The molecular weight excluding hydrogens is 376 g/mol. The number of hydrogen-bond acceptors (Lipinski definition) is 4. The molecule has 0 radical (unpaired) electrons. The highest BCUT2D eigenvalue weighted by Crippen LogP contribution is 2.14. The van der Waals surface area contributed by atoms with E-state index < -0.39 is 11.9 Å². The Bertz CT molecular complexity index is 594. The van der Waals surface area contributed by atoms with Crippen LogP contribution in [-0.2, 0) is 9.47 Å². The average Bonchev–Trinajstić information content (AvgIpc) is 2.74. The molecule has 0 aliphatic rings. The minimum absolute atomic E-state index is 0.294. The van der Waals surface area contributed by atoms with Crippen molar-refractivity contribution in [3.63, 3.8) is 0 Å². The smallest absolute Gasteiger partial charge is 0.339 e. The van der Waals surface area contributed by atoms with Gasteiger partial charge in [0.15, 0.2) is 0 Å². The molecule has 0 atom stereocenters. The molecule has 4 heteroatoms. The van der Waals surface area contributed by atoms with E-state index in [1.807, 2.05) is 0 Å². The highest BCUT2D eigenvalue weighted by Gasteiger charge is 2.18. The summed E-state index contributed by atoms with van der Waals surface area (Å²) >= 11 is 0. The lowest BCUT2D eigenvalue weighted by molar-refractivity contribution is 0.0450. The first kappa shape index (κ1) is 26.2. The quantitative estimate of drug-likeness (QED) is 0.196. The maximum atomic E-state index is 12.4. The minimum atomic E-state index is -0.443. The Labute approximate surface area is 183 Å². The van der Waals surface area contributed by atoms with Gasteiger partial charge in [0.25, 0.3) is 0 Å². The summed E-state index contributed by atoms with van der Waals surface area (Å²) in [6.07, 6.45) is 13.7. The van der Waals surface area contributed by atoms with Gasteiger partial charge in [-0.25, -0.2) is 9.59 Å². The number of benzene rings is 1. The van der Waals surface area contributed by atoms with E-state index in [-0.39, 0.29) is 0 Å². The number of unbranched alkanes of at least 4 members (excludes halogenated alkanes) is 9. The van der Waals surface area contributed by atoms with Crippen molar-refractivity contribution < 1.29 is 19.1 Å². The Morgan fingerprint density at radius 3 is 1.60 bits per heavy atom. The second kappa shape index (κ2) is 16.9. The SMILES string of the molecule is CCCCCCCCOC(=O)c1ccccc1C(=O)OCCCCCCCC(C)C. The lowest BCUT2D eigenvalue weighted by atomic mass is 10.0. The second-order valence-corrected chi connectivity index (χ2v) is 8.54. The van der Waals surface area contributed by atoms with E-state index in [0.717, 1.165) is 31.6 Å². The lowest BCUT2D eigenvalue weighted by Crippen LogP contribution is -2.15. The number of ether oxygens (including phenoxy) is 2. The third-order valence-electron chi connectivity index (χ3n) is 5.26. The van der Waals surface area contributed by atoms with Crippen molar-refractivity contribution in [1.82, 2.24) is 0 Å². The standard InChI is InChI=1S/C26H42O4/c1-4-5-6-7-10-15-20-29-25(27)23-18-13-14-19-24(23)26(28)30-21-16-11-8-9-12-17-22(2)3/h13-14,18-19,22H,4-12,15-17,20-21H2,1-3H3. The van der Waals surface area contributed by atoms with Gasteiger partial charge in [-0.1, -0.05) is 97.1 Å². The molecule has 0 saturated carbocycles. The Morgan fingerprint density at radius 1 is 0.700 bits per heavy atom. The summed E-state index contributed by atoms with van der Waals surface area (Å²) in [6.45, 7) is 7.48. The molecule has 0 N–H and O–H groups in total. The van der Waals surface area contributed by atoms with Crippen LogP contribution >= 0.6 is 0 Å².